The fourth-order valence-electron chi connectivity index (χ4n) is 0.778. The van der Waals surface area contributed by atoms with E-state index >= 15 is 0 Å². The normalized spacial score (nSPS) is 10.8. The average molecular weight is 231 g/mol. The summed E-state index contributed by atoms with van der Waals surface area (Å²) in [5.74, 6) is 0. The largest absolute Gasteiger partial charge is 0.397 e. The lowest BCUT2D eigenvalue weighted by Crippen LogP contribution is -1.96. The zero-order valence-electron chi connectivity index (χ0n) is 7.78. The van der Waals surface area contributed by atoms with E-state index in [4.69, 9.17) is 4.55 Å². The molecule has 0 aromatic carbocycles. The summed E-state index contributed by atoms with van der Waals surface area (Å²) in [6.45, 7) is 0. The van der Waals surface area contributed by atoms with Crippen LogP contribution in [0.2, 0.25) is 0 Å². The van der Waals surface area contributed by atoms with Crippen LogP contribution in [0.3, 0.4) is 0 Å². The summed E-state index contributed by atoms with van der Waals surface area (Å²) in [6.07, 6.45) is 3.49. The summed E-state index contributed by atoms with van der Waals surface area (Å²) in [7, 11) is -3.29. The fourth-order valence-corrected chi connectivity index (χ4v) is 0.778. The van der Waals surface area contributed by atoms with Crippen molar-refractivity contribution in [2.75, 3.05) is 7.11 Å². The molecule has 0 spiro atoms. The molecule has 0 amide bonds. The minimum atomic E-state index is -4.16. The molecule has 0 unspecified atom stereocenters. The highest BCUT2D eigenvalue weighted by atomic mass is 32.3. The molecule has 2 rings (SSSR count). The number of pyridine rings is 1. The van der Waals surface area contributed by atoms with Crippen LogP contribution in [0, 0.1) is 0 Å². The van der Waals surface area contributed by atoms with E-state index in [1.807, 2.05) is 12.1 Å². The molecule has 0 aliphatic rings. The van der Waals surface area contributed by atoms with Crippen molar-refractivity contribution in [1.29, 1.82) is 0 Å². The van der Waals surface area contributed by atoms with E-state index in [2.05, 4.69) is 19.4 Å². The first-order valence-electron chi connectivity index (χ1n) is 3.80. The third-order valence-corrected chi connectivity index (χ3v) is 1.84. The number of hydrogen-bond donors (Lipinski definition) is 2. The number of aromatic amines is 1. The molecule has 15 heavy (non-hydrogen) atoms. The third kappa shape index (κ3) is 4.02. The van der Waals surface area contributed by atoms with Gasteiger partial charge in [-0.05, 0) is 12.1 Å². The van der Waals surface area contributed by atoms with E-state index in [9.17, 15) is 8.42 Å². The van der Waals surface area contributed by atoms with Gasteiger partial charge in [-0.2, -0.15) is 13.5 Å². The quantitative estimate of drug-likeness (QED) is 0.688. The first kappa shape index (κ1) is 11.6. The highest BCUT2D eigenvalue weighted by Crippen LogP contribution is 2.03. The predicted octanol–water partition coefficient (Wildman–Crippen LogP) is 0.394. The smallest absolute Gasteiger partial charge is 0.264 e. The Morgan fingerprint density at radius 2 is 2.20 bits per heavy atom. The van der Waals surface area contributed by atoms with Gasteiger partial charge < -0.3 is 0 Å². The Bertz CT molecular complexity index is 492. The van der Waals surface area contributed by atoms with Crippen molar-refractivity contribution in [3.63, 3.8) is 0 Å². The molecule has 0 radical (unpaired) electrons. The first-order chi connectivity index (χ1) is 7.03. The number of rotatable bonds is 1. The number of fused-ring (bicyclic) bond motifs is 1. The van der Waals surface area contributed by atoms with Gasteiger partial charge in [-0.25, -0.2) is 4.98 Å². The van der Waals surface area contributed by atoms with Crippen LogP contribution in [0.15, 0.2) is 24.5 Å². The van der Waals surface area contributed by atoms with Gasteiger partial charge in [0.15, 0.2) is 5.65 Å². The molecule has 0 fully saturated rings. The second kappa shape index (κ2) is 4.82. The molecule has 0 atom stereocenters. The molecular weight excluding hydrogens is 222 g/mol. The summed E-state index contributed by atoms with van der Waals surface area (Å²) in [5.41, 5.74) is 0.845. The Balaban J connectivity index is 0.000000167. The van der Waals surface area contributed by atoms with E-state index in [0.29, 0.717) is 0 Å². The van der Waals surface area contributed by atoms with Gasteiger partial charge in [0, 0.05) is 11.6 Å². The summed E-state index contributed by atoms with van der Waals surface area (Å²) >= 11 is 0. The minimum absolute atomic E-state index is 0.845. The van der Waals surface area contributed by atoms with Gasteiger partial charge in [-0.15, -0.1) is 0 Å². The molecule has 0 saturated carbocycles. The minimum Gasteiger partial charge on any atom is -0.264 e. The van der Waals surface area contributed by atoms with Crippen molar-refractivity contribution in [2.24, 2.45) is 0 Å². The van der Waals surface area contributed by atoms with Crippen LogP contribution in [0.25, 0.3) is 11.0 Å². The Hall–Kier alpha value is -1.51. The van der Waals surface area contributed by atoms with Crippen LogP contribution in [0.4, 0.5) is 0 Å². The van der Waals surface area contributed by atoms with Crippen molar-refractivity contribution in [1.82, 2.24) is 15.2 Å². The zero-order chi connectivity index (χ0) is 11.3. The molecule has 2 aromatic rings. The lowest BCUT2D eigenvalue weighted by atomic mass is 10.4. The Morgan fingerprint density at radius 3 is 2.73 bits per heavy atom. The molecule has 7 nitrogen and oxygen atoms in total. The Kier molecular flexibility index (Phi) is 3.72. The van der Waals surface area contributed by atoms with Gasteiger partial charge in [0.05, 0.1) is 13.3 Å². The topological polar surface area (TPSA) is 105 Å². The van der Waals surface area contributed by atoms with Gasteiger partial charge in [-0.3, -0.25) is 13.8 Å². The number of nitrogens with zero attached hydrogens (tertiary/aromatic N) is 2. The fraction of sp³-hybridized carbons (Fsp3) is 0.143. The molecule has 2 heterocycles. The molecule has 0 aliphatic carbocycles. The highest BCUT2D eigenvalue weighted by Gasteiger charge is 1.94. The number of aromatic nitrogens is 3. The van der Waals surface area contributed by atoms with E-state index in [1.54, 1.807) is 12.4 Å². The second-order valence-corrected chi connectivity index (χ2v) is 3.59. The monoisotopic (exact) mass is 231 g/mol. The van der Waals surface area contributed by atoms with Crippen LogP contribution in [0.1, 0.15) is 0 Å². The van der Waals surface area contributed by atoms with Crippen molar-refractivity contribution in [3.05, 3.63) is 24.5 Å². The molecular formula is C7H9N3O4S. The van der Waals surface area contributed by atoms with Crippen molar-refractivity contribution < 1.29 is 17.2 Å². The molecule has 2 aromatic heterocycles. The average Bonchev–Trinajstić information content (AvgIpc) is 2.65. The predicted molar refractivity (Wildman–Crippen MR) is 52.4 cm³/mol. The summed E-state index contributed by atoms with van der Waals surface area (Å²) in [6, 6.07) is 3.85. The maximum Gasteiger partial charge on any atom is 0.397 e. The van der Waals surface area contributed by atoms with Crippen molar-refractivity contribution >= 4 is 21.4 Å². The molecule has 0 bridgehead atoms. The maximum absolute atomic E-state index is 9.33. The number of nitrogens with one attached hydrogen (secondary N) is 1. The van der Waals surface area contributed by atoms with E-state index in [1.165, 1.54) is 0 Å². The molecule has 2 N–H and O–H groups in total. The number of hydrogen-bond acceptors (Lipinski definition) is 5. The summed E-state index contributed by atoms with van der Waals surface area (Å²) in [4.78, 5) is 4.02. The molecule has 8 heteroatoms. The van der Waals surface area contributed by atoms with Crippen LogP contribution < -0.4 is 0 Å². The van der Waals surface area contributed by atoms with Crippen LogP contribution >= 0.6 is 0 Å². The van der Waals surface area contributed by atoms with Crippen molar-refractivity contribution in [2.45, 2.75) is 0 Å². The first-order valence-corrected chi connectivity index (χ1v) is 5.16. The second-order valence-electron chi connectivity index (χ2n) is 2.41. The summed E-state index contributed by atoms with van der Waals surface area (Å²) in [5, 5.41) is 7.63. The lowest BCUT2D eigenvalue weighted by molar-refractivity contribution is 0.324. The van der Waals surface area contributed by atoms with Gasteiger partial charge >= 0.3 is 10.4 Å². The van der Waals surface area contributed by atoms with Crippen LogP contribution in [-0.2, 0) is 14.6 Å². The Morgan fingerprint density at radius 1 is 1.53 bits per heavy atom. The maximum atomic E-state index is 9.33. The molecule has 82 valence electrons. The number of H-pyrrole nitrogens is 1. The molecule has 0 aliphatic heterocycles. The van der Waals surface area contributed by atoms with Crippen molar-refractivity contribution in [3.8, 4) is 0 Å². The zero-order valence-corrected chi connectivity index (χ0v) is 8.60. The van der Waals surface area contributed by atoms with Gasteiger partial charge in [0.25, 0.3) is 0 Å². The van der Waals surface area contributed by atoms with Gasteiger partial charge in [-0.1, -0.05) is 0 Å². The van der Waals surface area contributed by atoms with Gasteiger partial charge in [0.1, 0.15) is 0 Å². The van der Waals surface area contributed by atoms with E-state index in [0.717, 1.165) is 18.1 Å². The molecule has 0 saturated heterocycles. The SMILES string of the molecule is COS(=O)(=O)O.c1cnc2[nH]ncc2c1. The van der Waals surface area contributed by atoms with E-state index in [-0.39, 0.29) is 0 Å². The Labute approximate surface area is 86.1 Å². The highest BCUT2D eigenvalue weighted by molar-refractivity contribution is 7.80. The van der Waals surface area contributed by atoms with Gasteiger partial charge in [0.2, 0.25) is 0 Å². The summed E-state index contributed by atoms with van der Waals surface area (Å²) < 4.78 is 29.7. The van der Waals surface area contributed by atoms with Crippen LogP contribution in [0.5, 0.6) is 0 Å². The third-order valence-electron chi connectivity index (χ3n) is 1.42. The van der Waals surface area contributed by atoms with E-state index < -0.39 is 10.4 Å². The lowest BCUT2D eigenvalue weighted by Gasteiger charge is -1.82. The standard InChI is InChI=1S/C6H5N3.CH4O4S/c1-2-5-4-8-9-6(5)7-3-1;1-5-6(2,3)4/h1-4H,(H,7,8,9);1H3,(H,2,3,4). The van der Waals surface area contributed by atoms with Crippen LogP contribution in [-0.4, -0.2) is 35.3 Å².